The van der Waals surface area contributed by atoms with Crippen LogP contribution in [0, 0.1) is 5.82 Å². The Kier molecular flexibility index (Phi) is 3.84. The van der Waals surface area contributed by atoms with Crippen molar-refractivity contribution >= 4 is 16.3 Å². The van der Waals surface area contributed by atoms with Crippen LogP contribution >= 0.6 is 0 Å². The molecule has 1 rings (SSSR count). The summed E-state index contributed by atoms with van der Waals surface area (Å²) in [7, 11) is -0.0360. The maximum Gasteiger partial charge on any atom is 0.243 e. The molecule has 0 amide bonds. The summed E-state index contributed by atoms with van der Waals surface area (Å²) >= 11 is 0. The second-order valence-corrected chi connectivity index (χ2v) is 5.52. The van der Waals surface area contributed by atoms with Crippen LogP contribution < -0.4 is 4.74 Å². The first-order chi connectivity index (χ1) is 7.86. The van der Waals surface area contributed by atoms with E-state index in [0.717, 1.165) is 10.4 Å². The Morgan fingerprint density at radius 1 is 1.35 bits per heavy atom. The van der Waals surface area contributed by atoms with Gasteiger partial charge in [0.05, 0.1) is 17.6 Å². The zero-order chi connectivity index (χ0) is 13.2. The molecule has 0 spiro atoms. The number of benzene rings is 1. The van der Waals surface area contributed by atoms with Gasteiger partial charge in [-0.25, -0.2) is 17.1 Å². The molecule has 0 atom stereocenters. The van der Waals surface area contributed by atoms with Gasteiger partial charge in [-0.2, -0.15) is 0 Å². The molecule has 17 heavy (non-hydrogen) atoms. The van der Waals surface area contributed by atoms with Crippen LogP contribution in [0.1, 0.15) is 10.4 Å². The number of nitrogens with zero attached hydrogens (tertiary/aromatic N) is 1. The first-order valence-corrected chi connectivity index (χ1v) is 6.04. The fraction of sp³-hybridized carbons (Fsp3) is 0.300. The molecule has 0 N–H and O–H groups in total. The normalized spacial score (nSPS) is 11.6. The van der Waals surface area contributed by atoms with Gasteiger partial charge in [0.25, 0.3) is 0 Å². The van der Waals surface area contributed by atoms with E-state index in [-0.39, 0.29) is 16.9 Å². The number of ether oxygens (including phenoxy) is 1. The van der Waals surface area contributed by atoms with Crippen molar-refractivity contribution in [1.29, 1.82) is 0 Å². The van der Waals surface area contributed by atoms with E-state index in [1.165, 1.54) is 27.3 Å². The molecule has 1 aromatic rings. The first-order valence-electron chi connectivity index (χ1n) is 4.60. The Balaban J connectivity index is 3.58. The number of methoxy groups -OCH3 is 1. The molecule has 0 saturated heterocycles. The summed E-state index contributed by atoms with van der Waals surface area (Å²) in [6.45, 7) is 0. The number of hydrogen-bond acceptors (Lipinski definition) is 4. The van der Waals surface area contributed by atoms with E-state index >= 15 is 0 Å². The molecular weight excluding hydrogens is 249 g/mol. The molecule has 0 heterocycles. The quantitative estimate of drug-likeness (QED) is 0.755. The van der Waals surface area contributed by atoms with E-state index in [1.807, 2.05) is 0 Å². The molecule has 0 unspecified atom stereocenters. The van der Waals surface area contributed by atoms with Gasteiger partial charge in [-0.1, -0.05) is 0 Å². The van der Waals surface area contributed by atoms with Gasteiger partial charge in [0.15, 0.2) is 17.9 Å². The van der Waals surface area contributed by atoms with Crippen molar-refractivity contribution in [2.45, 2.75) is 4.90 Å². The van der Waals surface area contributed by atoms with E-state index in [2.05, 4.69) is 4.74 Å². The highest BCUT2D eigenvalue weighted by atomic mass is 32.2. The van der Waals surface area contributed by atoms with Crippen LogP contribution in [0.25, 0.3) is 0 Å². The third kappa shape index (κ3) is 2.29. The Hall–Kier alpha value is -1.47. The Morgan fingerprint density at radius 2 is 1.94 bits per heavy atom. The molecule has 0 radical (unpaired) electrons. The SMILES string of the molecule is COc1ccc(S(=O)(=O)N(C)C)c(C=O)c1F. The van der Waals surface area contributed by atoms with Gasteiger partial charge in [-0.3, -0.25) is 4.79 Å². The average Bonchev–Trinajstić information content (AvgIpc) is 2.28. The van der Waals surface area contributed by atoms with Crippen molar-refractivity contribution in [3.8, 4) is 5.75 Å². The minimum atomic E-state index is -3.86. The smallest absolute Gasteiger partial charge is 0.243 e. The fourth-order valence-electron chi connectivity index (χ4n) is 1.24. The van der Waals surface area contributed by atoms with Crippen LogP contribution in [0.5, 0.6) is 5.75 Å². The number of aldehydes is 1. The van der Waals surface area contributed by atoms with E-state index in [4.69, 9.17) is 0 Å². The molecular formula is C10H12FNO4S. The zero-order valence-electron chi connectivity index (χ0n) is 9.60. The lowest BCUT2D eigenvalue weighted by Crippen LogP contribution is -2.23. The topological polar surface area (TPSA) is 63.7 Å². The lowest BCUT2D eigenvalue weighted by molar-refractivity contribution is 0.111. The fourth-order valence-corrected chi connectivity index (χ4v) is 2.29. The summed E-state index contributed by atoms with van der Waals surface area (Å²) in [6, 6.07) is 2.31. The van der Waals surface area contributed by atoms with Gasteiger partial charge in [-0.05, 0) is 12.1 Å². The third-order valence-corrected chi connectivity index (χ3v) is 4.07. The highest BCUT2D eigenvalue weighted by Crippen LogP contribution is 2.26. The highest BCUT2D eigenvalue weighted by Gasteiger charge is 2.25. The first kappa shape index (κ1) is 13.6. The van der Waals surface area contributed by atoms with Crippen LogP contribution in [0.3, 0.4) is 0 Å². The zero-order valence-corrected chi connectivity index (χ0v) is 10.4. The van der Waals surface area contributed by atoms with E-state index in [0.29, 0.717) is 0 Å². The second-order valence-electron chi connectivity index (χ2n) is 3.40. The molecule has 0 bridgehead atoms. The number of carbonyl (C=O) groups is 1. The van der Waals surface area contributed by atoms with Crippen molar-refractivity contribution in [2.75, 3.05) is 21.2 Å². The van der Waals surface area contributed by atoms with Crippen LogP contribution in [0.2, 0.25) is 0 Å². The summed E-state index contributed by atoms with van der Waals surface area (Å²) in [5.41, 5.74) is -0.530. The molecule has 0 aliphatic carbocycles. The van der Waals surface area contributed by atoms with E-state index < -0.39 is 21.4 Å². The van der Waals surface area contributed by atoms with Crippen molar-refractivity contribution in [1.82, 2.24) is 4.31 Å². The maximum absolute atomic E-state index is 13.7. The molecule has 0 aromatic heterocycles. The predicted octanol–water partition coefficient (Wildman–Crippen LogP) is 0.897. The number of hydrogen-bond donors (Lipinski definition) is 0. The third-order valence-electron chi connectivity index (χ3n) is 2.20. The second kappa shape index (κ2) is 4.80. The summed E-state index contributed by atoms with van der Waals surface area (Å²) in [5, 5.41) is 0. The number of rotatable bonds is 4. The van der Waals surface area contributed by atoms with Gasteiger partial charge in [0.1, 0.15) is 0 Å². The number of sulfonamides is 1. The molecule has 5 nitrogen and oxygen atoms in total. The summed E-state index contributed by atoms with van der Waals surface area (Å²) in [6.07, 6.45) is 0.161. The van der Waals surface area contributed by atoms with Gasteiger partial charge in [-0.15, -0.1) is 0 Å². The van der Waals surface area contributed by atoms with Crippen LogP contribution in [-0.4, -0.2) is 40.2 Å². The van der Waals surface area contributed by atoms with E-state index in [9.17, 15) is 17.6 Å². The summed E-state index contributed by atoms with van der Waals surface area (Å²) in [5.74, 6) is -1.16. The Bertz CT molecular complexity index is 539. The minimum absolute atomic E-state index is 0.161. The van der Waals surface area contributed by atoms with Crippen molar-refractivity contribution < 1.29 is 22.3 Å². The molecule has 0 fully saturated rings. The minimum Gasteiger partial charge on any atom is -0.494 e. The highest BCUT2D eigenvalue weighted by molar-refractivity contribution is 7.89. The summed E-state index contributed by atoms with van der Waals surface area (Å²) in [4.78, 5) is 10.4. The monoisotopic (exact) mass is 261 g/mol. The maximum atomic E-state index is 13.7. The standard InChI is InChI=1S/C10H12FNO4S/c1-12(2)17(14,15)9-5-4-8(16-3)10(11)7(9)6-13/h4-6H,1-3H3. The van der Waals surface area contributed by atoms with Crippen LogP contribution in [0.4, 0.5) is 4.39 Å². The van der Waals surface area contributed by atoms with Crippen molar-refractivity contribution in [3.63, 3.8) is 0 Å². The largest absolute Gasteiger partial charge is 0.494 e. The summed E-state index contributed by atoms with van der Waals surface area (Å²) < 4.78 is 42.9. The molecule has 1 aromatic carbocycles. The molecule has 7 heteroatoms. The van der Waals surface area contributed by atoms with Gasteiger partial charge in [0.2, 0.25) is 10.0 Å². The van der Waals surface area contributed by atoms with Crippen LogP contribution in [-0.2, 0) is 10.0 Å². The molecule has 0 aliphatic rings. The Labute approximate surface area is 98.9 Å². The lowest BCUT2D eigenvalue weighted by Gasteiger charge is -2.14. The average molecular weight is 261 g/mol. The van der Waals surface area contributed by atoms with Gasteiger partial charge < -0.3 is 4.74 Å². The lowest BCUT2D eigenvalue weighted by atomic mass is 10.2. The van der Waals surface area contributed by atoms with Crippen LogP contribution in [0.15, 0.2) is 17.0 Å². The number of carbonyl (C=O) groups excluding carboxylic acids is 1. The molecule has 0 aliphatic heterocycles. The molecule has 0 saturated carbocycles. The van der Waals surface area contributed by atoms with Crippen molar-refractivity contribution in [3.05, 3.63) is 23.5 Å². The van der Waals surface area contributed by atoms with Crippen molar-refractivity contribution in [2.24, 2.45) is 0 Å². The Morgan fingerprint density at radius 3 is 2.35 bits per heavy atom. The van der Waals surface area contributed by atoms with Gasteiger partial charge >= 0.3 is 0 Å². The predicted molar refractivity (Wildman–Crippen MR) is 59.2 cm³/mol. The van der Waals surface area contributed by atoms with E-state index in [1.54, 1.807) is 0 Å². The van der Waals surface area contributed by atoms with Gasteiger partial charge in [0, 0.05) is 14.1 Å². The molecule has 94 valence electrons. The number of halogens is 1.